The number of ketones is 2. The maximum Gasteiger partial charge on any atom is 0.410 e. The number of hydrogen-bond acceptors (Lipinski definition) is 15. The van der Waals surface area contributed by atoms with Crippen molar-refractivity contribution in [3.63, 3.8) is 0 Å². The molecule has 6 saturated heterocycles. The number of ether oxygens (including phenoxy) is 4. The third-order valence-electron chi connectivity index (χ3n) is 16.3. The molecule has 6 unspecified atom stereocenters. The van der Waals surface area contributed by atoms with E-state index in [1.54, 1.807) is 60.3 Å². The standard InChI is InChI=1S/2C22H31N3O5.C19H27N3O4/c1-13-7-18(29-12-14(2)26)23-15(3)19(13)20(27)24-8-16-10-25(11-17(16)9-24)21(28)30-22(4,5)6;1-13-7-18(27)25(8-14(2)26)15(3)19(13)20(28)23-9-16-11-24(12-17(16)10-23)21(29)30-22(4,5)6;1-11-6-15(23)20-12(2)16(11)17(24)21-7-13-9-22(10-14(13)8-21)18(25)26-19(3,4)5/h2*7,16-17H,8-12H2,1-6H3;6,13-14H,7-10H2,1-5H3,(H,20,23). The topological polar surface area (TPSA) is 261 Å². The first-order valence-corrected chi connectivity index (χ1v) is 29.7. The van der Waals surface area contributed by atoms with Crippen molar-refractivity contribution in [2.75, 3.05) is 85.1 Å². The molecule has 3 aromatic rings. The molecule has 0 spiro atoms. The van der Waals surface area contributed by atoms with Crippen molar-refractivity contribution in [1.29, 1.82) is 0 Å². The Labute approximate surface area is 504 Å². The van der Waals surface area contributed by atoms with Crippen LogP contribution in [0.2, 0.25) is 0 Å². The molecule has 9 heterocycles. The van der Waals surface area contributed by atoms with Crippen LogP contribution in [-0.2, 0) is 30.3 Å². The fourth-order valence-electron chi connectivity index (χ4n) is 12.6. The second-order valence-electron chi connectivity index (χ2n) is 27.3. The molecule has 6 aliphatic rings. The van der Waals surface area contributed by atoms with E-state index in [0.29, 0.717) is 129 Å². The largest absolute Gasteiger partial charge is 0.470 e. The Kier molecular flexibility index (Phi) is 19.8. The van der Waals surface area contributed by atoms with E-state index in [1.165, 1.54) is 30.5 Å². The molecular weight excluding hydrogens is 1110 g/mol. The zero-order valence-corrected chi connectivity index (χ0v) is 53.4. The van der Waals surface area contributed by atoms with Gasteiger partial charge in [0.2, 0.25) is 11.4 Å². The van der Waals surface area contributed by atoms with Crippen molar-refractivity contribution in [2.45, 2.75) is 141 Å². The smallest absolute Gasteiger partial charge is 0.410 e. The van der Waals surface area contributed by atoms with E-state index in [-0.39, 0.29) is 107 Å². The molecular formula is C63H89N9O14. The Hall–Kier alpha value is -7.59. The van der Waals surface area contributed by atoms with E-state index in [2.05, 4.69) is 9.97 Å². The predicted octanol–water partition coefficient (Wildman–Crippen LogP) is 6.53. The van der Waals surface area contributed by atoms with Gasteiger partial charge in [0.05, 0.1) is 28.9 Å². The number of H-pyrrole nitrogens is 1. The molecule has 1 N–H and O–H groups in total. The van der Waals surface area contributed by atoms with Crippen LogP contribution in [0, 0.1) is 77.0 Å². The minimum Gasteiger partial charge on any atom is -0.470 e. The van der Waals surface area contributed by atoms with Crippen molar-refractivity contribution >= 4 is 47.6 Å². The highest BCUT2D eigenvalue weighted by atomic mass is 16.6. The van der Waals surface area contributed by atoms with Gasteiger partial charge in [0, 0.05) is 144 Å². The van der Waals surface area contributed by atoms with E-state index in [0.717, 1.165) is 5.56 Å². The zero-order valence-electron chi connectivity index (χ0n) is 53.4. The highest BCUT2D eigenvalue weighted by Crippen LogP contribution is 2.37. The Balaban J connectivity index is 0.000000185. The Morgan fingerprint density at radius 1 is 0.477 bits per heavy atom. The van der Waals surface area contributed by atoms with Gasteiger partial charge in [-0.05, 0) is 134 Å². The van der Waals surface area contributed by atoms with E-state index in [9.17, 15) is 47.9 Å². The summed E-state index contributed by atoms with van der Waals surface area (Å²) in [5, 5.41) is 0. The molecule has 3 aromatic heterocycles. The third-order valence-corrected chi connectivity index (χ3v) is 16.3. The average molecular weight is 1200 g/mol. The number of carbonyl (C=O) groups is 8. The number of rotatable bonds is 8. The fraction of sp³-hybridized carbons (Fsp3) is 0.635. The van der Waals surface area contributed by atoms with Crippen molar-refractivity contribution in [1.82, 2.24) is 43.9 Å². The van der Waals surface area contributed by atoms with Crippen molar-refractivity contribution < 1.29 is 57.3 Å². The minimum atomic E-state index is -0.533. The molecule has 0 aliphatic carbocycles. The van der Waals surface area contributed by atoms with Crippen LogP contribution in [0.5, 0.6) is 5.88 Å². The highest BCUT2D eigenvalue weighted by Gasteiger charge is 2.47. The zero-order chi connectivity index (χ0) is 63.8. The molecule has 86 heavy (non-hydrogen) atoms. The third kappa shape index (κ3) is 16.1. The molecule has 6 amide bonds. The van der Waals surface area contributed by atoms with Gasteiger partial charge in [0.15, 0.2) is 5.78 Å². The summed E-state index contributed by atoms with van der Waals surface area (Å²) in [6.07, 6.45) is -0.873. The van der Waals surface area contributed by atoms with Crippen LogP contribution in [0.3, 0.4) is 0 Å². The van der Waals surface area contributed by atoms with Crippen LogP contribution in [0.25, 0.3) is 0 Å². The average Bonchev–Trinajstić information content (AvgIpc) is 2.49. The van der Waals surface area contributed by atoms with E-state index >= 15 is 0 Å². The lowest BCUT2D eigenvalue weighted by molar-refractivity contribution is -0.119. The van der Waals surface area contributed by atoms with Crippen LogP contribution >= 0.6 is 0 Å². The van der Waals surface area contributed by atoms with Crippen molar-refractivity contribution in [3.8, 4) is 5.88 Å². The molecule has 0 radical (unpaired) electrons. The number of aryl methyl sites for hydroxylation is 5. The highest BCUT2D eigenvalue weighted by molar-refractivity contribution is 5.98. The summed E-state index contributed by atoms with van der Waals surface area (Å²) < 4.78 is 23.1. The Morgan fingerprint density at radius 2 is 0.814 bits per heavy atom. The summed E-state index contributed by atoms with van der Waals surface area (Å²) in [5.41, 5.74) is 3.43. The fourth-order valence-corrected chi connectivity index (χ4v) is 12.6. The summed E-state index contributed by atoms with van der Waals surface area (Å²) in [6, 6.07) is 4.58. The lowest BCUT2D eigenvalue weighted by Gasteiger charge is -2.26. The summed E-state index contributed by atoms with van der Waals surface area (Å²) in [7, 11) is 0. The maximum atomic E-state index is 13.3. The Morgan fingerprint density at radius 3 is 1.15 bits per heavy atom. The Bertz CT molecular complexity index is 3180. The summed E-state index contributed by atoms with van der Waals surface area (Å²) >= 11 is 0. The van der Waals surface area contributed by atoms with E-state index in [4.69, 9.17) is 18.9 Å². The van der Waals surface area contributed by atoms with Crippen LogP contribution in [0.4, 0.5) is 14.4 Å². The van der Waals surface area contributed by atoms with Crippen LogP contribution in [0.1, 0.15) is 141 Å². The second-order valence-corrected chi connectivity index (χ2v) is 27.3. The predicted molar refractivity (Wildman–Crippen MR) is 319 cm³/mol. The van der Waals surface area contributed by atoms with Gasteiger partial charge < -0.3 is 57.9 Å². The number of Topliss-reactive ketones (excluding diaryl/α,β-unsaturated/α-hetero) is 2. The SMILES string of the molecule is CC(=O)COc1cc(C)c(C(=O)N2CC3CN(C(=O)OC(C)(C)C)CC3C2)c(C)n1.CC(=O)Cn1c(C)c(C(=O)N2CC3CN(C(=O)OC(C)(C)C)CC3C2)c(C)cc1=O.Cc1cc(=O)[nH]c(C)c1C(=O)N1CC2CN(C(=O)OC(C)(C)C)CC2C1. The number of aromatic amines is 1. The lowest BCUT2D eigenvalue weighted by atomic mass is 10.0. The number of hydrogen-bond donors (Lipinski definition) is 1. The van der Waals surface area contributed by atoms with Gasteiger partial charge >= 0.3 is 18.3 Å². The van der Waals surface area contributed by atoms with Gasteiger partial charge in [-0.2, -0.15) is 0 Å². The first-order valence-electron chi connectivity index (χ1n) is 29.7. The lowest BCUT2D eigenvalue weighted by Crippen LogP contribution is -2.39. The van der Waals surface area contributed by atoms with E-state index < -0.39 is 16.8 Å². The van der Waals surface area contributed by atoms with Crippen LogP contribution < -0.4 is 15.9 Å². The molecule has 0 saturated carbocycles. The first-order chi connectivity index (χ1) is 39.9. The molecule has 9 rings (SSSR count). The molecule has 0 aromatic carbocycles. The summed E-state index contributed by atoms with van der Waals surface area (Å²) in [4.78, 5) is 141. The van der Waals surface area contributed by atoms with Crippen molar-refractivity contribution in [2.24, 2.45) is 35.5 Å². The van der Waals surface area contributed by atoms with Gasteiger partial charge in [-0.25, -0.2) is 19.4 Å². The van der Waals surface area contributed by atoms with Crippen LogP contribution in [0.15, 0.2) is 27.8 Å². The molecule has 6 atom stereocenters. The molecule has 23 nitrogen and oxygen atoms in total. The molecule has 470 valence electrons. The van der Waals surface area contributed by atoms with Gasteiger partial charge in [-0.1, -0.05) is 0 Å². The number of fused-ring (bicyclic) bond motifs is 3. The number of amides is 6. The van der Waals surface area contributed by atoms with Crippen molar-refractivity contribution in [3.05, 3.63) is 89.4 Å². The van der Waals surface area contributed by atoms with Gasteiger partial charge in [0.1, 0.15) is 29.2 Å². The number of pyridine rings is 3. The quantitative estimate of drug-likeness (QED) is 0.235. The normalized spacial score (nSPS) is 21.4. The number of nitrogens with zero attached hydrogens (tertiary/aromatic N) is 8. The number of likely N-dealkylation sites (tertiary alicyclic amines) is 6. The summed E-state index contributed by atoms with van der Waals surface area (Å²) in [6.45, 7) is 37.3. The van der Waals surface area contributed by atoms with Gasteiger partial charge in [0.25, 0.3) is 23.3 Å². The summed E-state index contributed by atoms with van der Waals surface area (Å²) in [5.74, 6) is 1.39. The van der Waals surface area contributed by atoms with Gasteiger partial charge in [-0.15, -0.1) is 0 Å². The van der Waals surface area contributed by atoms with Crippen LogP contribution in [-0.4, -0.2) is 193 Å². The second kappa shape index (κ2) is 25.8. The minimum absolute atomic E-state index is 0.0389. The first kappa shape index (κ1) is 65.9. The monoisotopic (exact) mass is 1200 g/mol. The van der Waals surface area contributed by atoms with E-state index in [1.807, 2.05) is 79.0 Å². The number of aromatic nitrogens is 3. The molecule has 6 fully saturated rings. The maximum absolute atomic E-state index is 13.3. The molecule has 6 aliphatic heterocycles. The van der Waals surface area contributed by atoms with Gasteiger partial charge in [-0.3, -0.25) is 33.6 Å². The number of nitrogens with one attached hydrogen (secondary N) is 1. The number of carbonyl (C=O) groups excluding carboxylic acids is 8. The molecule has 23 heteroatoms. The molecule has 0 bridgehead atoms.